The van der Waals surface area contributed by atoms with E-state index in [9.17, 15) is 9.59 Å². The normalized spacial score (nSPS) is 13.1. The zero-order valence-corrected chi connectivity index (χ0v) is 36.4. The van der Waals surface area contributed by atoms with Crippen LogP contribution in [0.3, 0.4) is 0 Å². The van der Waals surface area contributed by atoms with Crippen molar-refractivity contribution in [2.24, 2.45) is 0 Å². The Morgan fingerprint density at radius 3 is 1.46 bits per heavy atom. The van der Waals surface area contributed by atoms with Gasteiger partial charge in [0, 0.05) is 13.0 Å². The average molecular weight is 777 g/mol. The maximum absolute atomic E-state index is 12.7. The van der Waals surface area contributed by atoms with E-state index in [2.05, 4.69) is 106 Å². The summed E-state index contributed by atoms with van der Waals surface area (Å²) in [6, 6.07) is 0. The van der Waals surface area contributed by atoms with Gasteiger partial charge in [0.2, 0.25) is 0 Å². The maximum atomic E-state index is 12.7. The first-order valence-electron chi connectivity index (χ1n) is 22.8. The Morgan fingerprint density at radius 2 is 0.893 bits per heavy atom. The number of rotatable bonds is 40. The zero-order valence-electron chi connectivity index (χ0n) is 36.4. The number of hydrogen-bond donors (Lipinski definition) is 0. The minimum atomic E-state index is -0.589. The van der Waals surface area contributed by atoms with Gasteiger partial charge in [0.05, 0.1) is 13.0 Å². The van der Waals surface area contributed by atoms with Gasteiger partial charge in [-0.05, 0) is 89.9 Å². The molecule has 0 spiro atoms. The Kier molecular flexibility index (Phi) is 43.6. The van der Waals surface area contributed by atoms with Crippen LogP contribution in [0.4, 0.5) is 0 Å². The van der Waals surface area contributed by atoms with Crippen LogP contribution in [0.25, 0.3) is 0 Å². The lowest BCUT2D eigenvalue weighted by Gasteiger charge is -2.18. The molecule has 56 heavy (non-hydrogen) atoms. The van der Waals surface area contributed by atoms with E-state index in [1.807, 2.05) is 12.2 Å². The van der Waals surface area contributed by atoms with Gasteiger partial charge in [-0.15, -0.1) is 0 Å². The van der Waals surface area contributed by atoms with E-state index in [1.165, 1.54) is 70.6 Å². The molecule has 5 nitrogen and oxygen atoms in total. The third-order valence-corrected chi connectivity index (χ3v) is 9.09. The van der Waals surface area contributed by atoms with Crippen LogP contribution in [0, 0.1) is 0 Å². The van der Waals surface area contributed by atoms with Crippen LogP contribution in [0.2, 0.25) is 0 Å². The van der Waals surface area contributed by atoms with E-state index < -0.39 is 6.10 Å². The van der Waals surface area contributed by atoms with Gasteiger partial charge in [-0.3, -0.25) is 9.59 Å². The first kappa shape index (κ1) is 52.8. The van der Waals surface area contributed by atoms with E-state index in [0.29, 0.717) is 13.0 Å². The summed E-state index contributed by atoms with van der Waals surface area (Å²) in [7, 11) is 0. The topological polar surface area (TPSA) is 61.8 Å². The third-order valence-electron chi connectivity index (χ3n) is 9.09. The number of ether oxygens (including phenoxy) is 3. The summed E-state index contributed by atoms with van der Waals surface area (Å²) < 4.78 is 17.2. The van der Waals surface area contributed by atoms with Crippen molar-refractivity contribution in [3.63, 3.8) is 0 Å². The van der Waals surface area contributed by atoms with E-state index in [-0.39, 0.29) is 31.6 Å². The van der Waals surface area contributed by atoms with Gasteiger partial charge in [-0.25, -0.2) is 0 Å². The molecule has 0 fully saturated rings. The van der Waals surface area contributed by atoms with Gasteiger partial charge in [-0.1, -0.05) is 182 Å². The lowest BCUT2D eigenvalue weighted by atomic mass is 10.1. The van der Waals surface area contributed by atoms with Crippen molar-refractivity contribution in [3.05, 3.63) is 97.2 Å². The molecule has 0 rings (SSSR count). The molecule has 0 heterocycles. The van der Waals surface area contributed by atoms with Crippen LogP contribution in [-0.2, 0) is 23.8 Å². The minimum Gasteiger partial charge on any atom is -0.461 e. The first-order chi connectivity index (χ1) is 27.6. The fraction of sp³-hybridized carbons (Fsp3) is 0.647. The molecule has 5 heteroatoms. The van der Waals surface area contributed by atoms with Gasteiger partial charge in [0.15, 0.2) is 6.10 Å². The molecular formula is C51H84O5. The number of allylic oxidation sites excluding steroid dienone is 15. The van der Waals surface area contributed by atoms with Gasteiger partial charge in [-0.2, -0.15) is 0 Å². The predicted octanol–water partition coefficient (Wildman–Crippen LogP) is 15.1. The number of hydrogen-bond acceptors (Lipinski definition) is 5. The predicted molar refractivity (Wildman–Crippen MR) is 242 cm³/mol. The van der Waals surface area contributed by atoms with Crippen molar-refractivity contribution in [1.29, 1.82) is 0 Å². The molecule has 0 aliphatic heterocycles. The lowest BCUT2D eigenvalue weighted by Crippen LogP contribution is -2.30. The fourth-order valence-corrected chi connectivity index (χ4v) is 5.72. The van der Waals surface area contributed by atoms with E-state index in [0.717, 1.165) is 83.5 Å². The Hall–Kier alpha value is -3.18. The van der Waals surface area contributed by atoms with Crippen LogP contribution in [0.15, 0.2) is 97.2 Å². The summed E-state index contributed by atoms with van der Waals surface area (Å²) >= 11 is 0. The van der Waals surface area contributed by atoms with Crippen molar-refractivity contribution >= 4 is 11.9 Å². The molecule has 0 radical (unpaired) electrons. The number of carbonyl (C=O) groups is 2. The summed E-state index contributed by atoms with van der Waals surface area (Å²) in [6.45, 7) is 7.46. The van der Waals surface area contributed by atoms with Crippen LogP contribution in [-0.4, -0.2) is 37.9 Å². The smallest absolute Gasteiger partial charge is 0.309 e. The van der Waals surface area contributed by atoms with Gasteiger partial charge in [0.1, 0.15) is 6.61 Å². The fourth-order valence-electron chi connectivity index (χ4n) is 5.72. The molecule has 0 aromatic carbocycles. The molecule has 1 atom stereocenters. The standard InChI is InChI=1S/C51H84O5/c1-4-7-10-13-16-19-22-25-26-28-29-32-35-38-41-44-50(52)55-48-49(47-54-46-43-40-37-34-31-24-21-18-15-12-9-6-3)56-51(53)45-42-39-36-33-30-27-23-20-17-14-11-8-5-2/h7,10-11,14-16,18-20,23,25-26,29,32,38,41,49H,4-6,8-9,12-13,17,21-22,24,27-28,30-31,33-37,39-40,42-48H2,1-3H3/b10-7-,14-11-,18-15-,19-16-,23-20-,26-25-,32-29-,41-38-. The van der Waals surface area contributed by atoms with Crippen LogP contribution < -0.4 is 0 Å². The molecule has 0 aromatic rings. The molecule has 1 unspecified atom stereocenters. The molecule has 0 bridgehead atoms. The van der Waals surface area contributed by atoms with Crippen molar-refractivity contribution < 1.29 is 23.8 Å². The molecule has 0 N–H and O–H groups in total. The number of unbranched alkanes of at least 4 members (excludes halogenated alkanes) is 14. The molecule has 0 saturated carbocycles. The molecular weight excluding hydrogens is 693 g/mol. The minimum absolute atomic E-state index is 0.0179. The first-order valence-corrected chi connectivity index (χ1v) is 22.8. The average Bonchev–Trinajstić information content (AvgIpc) is 3.20. The molecule has 0 aliphatic carbocycles. The highest BCUT2D eigenvalue weighted by Crippen LogP contribution is 2.11. The highest BCUT2D eigenvalue weighted by Gasteiger charge is 2.17. The summed E-state index contributed by atoms with van der Waals surface area (Å²) in [5.41, 5.74) is 0. The van der Waals surface area contributed by atoms with Crippen molar-refractivity contribution in [3.8, 4) is 0 Å². The summed E-state index contributed by atoms with van der Waals surface area (Å²) in [5.74, 6) is -0.571. The summed E-state index contributed by atoms with van der Waals surface area (Å²) in [4.78, 5) is 25.2. The molecule has 0 amide bonds. The lowest BCUT2D eigenvalue weighted by molar-refractivity contribution is -0.162. The second-order valence-corrected chi connectivity index (χ2v) is 14.6. The van der Waals surface area contributed by atoms with Crippen LogP contribution in [0.1, 0.15) is 188 Å². The Balaban J connectivity index is 4.44. The van der Waals surface area contributed by atoms with Crippen LogP contribution >= 0.6 is 0 Å². The summed E-state index contributed by atoms with van der Waals surface area (Å²) in [6.07, 6.45) is 61.4. The summed E-state index contributed by atoms with van der Waals surface area (Å²) in [5, 5.41) is 0. The van der Waals surface area contributed by atoms with Gasteiger partial charge in [0.25, 0.3) is 0 Å². The SMILES string of the molecule is CC/C=C\C/C=C\C/C=C\C/C=C\C/C=C\CC(=O)OCC(COCCCCCCCC/C=C\CCCC)OC(=O)CCCCCCC/C=C\C/C=C\CCC. The quantitative estimate of drug-likeness (QED) is 0.0352. The van der Waals surface area contributed by atoms with Gasteiger partial charge >= 0.3 is 11.9 Å². The molecule has 0 saturated heterocycles. The highest BCUT2D eigenvalue weighted by molar-refractivity contribution is 5.71. The number of esters is 2. The maximum Gasteiger partial charge on any atom is 0.309 e. The Labute approximate surface area is 345 Å². The molecule has 318 valence electrons. The van der Waals surface area contributed by atoms with E-state index in [1.54, 1.807) is 0 Å². The zero-order chi connectivity index (χ0) is 40.7. The Bertz CT molecular complexity index is 1110. The molecule has 0 aliphatic rings. The second kappa shape index (κ2) is 46.2. The Morgan fingerprint density at radius 1 is 0.429 bits per heavy atom. The van der Waals surface area contributed by atoms with Crippen LogP contribution in [0.5, 0.6) is 0 Å². The van der Waals surface area contributed by atoms with Gasteiger partial charge < -0.3 is 14.2 Å². The molecule has 0 aromatic heterocycles. The highest BCUT2D eigenvalue weighted by atomic mass is 16.6. The van der Waals surface area contributed by atoms with E-state index >= 15 is 0 Å². The third kappa shape index (κ3) is 43.5. The van der Waals surface area contributed by atoms with Crippen molar-refractivity contribution in [2.45, 2.75) is 194 Å². The van der Waals surface area contributed by atoms with E-state index in [4.69, 9.17) is 14.2 Å². The van der Waals surface area contributed by atoms with Crippen molar-refractivity contribution in [1.82, 2.24) is 0 Å². The monoisotopic (exact) mass is 777 g/mol. The second-order valence-electron chi connectivity index (χ2n) is 14.6. The number of carbonyl (C=O) groups excluding carboxylic acids is 2. The van der Waals surface area contributed by atoms with Crippen molar-refractivity contribution in [2.75, 3.05) is 19.8 Å². The largest absolute Gasteiger partial charge is 0.461 e.